The molecule has 85 heavy (non-hydrogen) atoms. The van der Waals surface area contributed by atoms with Crippen LogP contribution in [0.2, 0.25) is 0 Å². The molecule has 3 unspecified atom stereocenters. The van der Waals surface area contributed by atoms with E-state index in [1.165, 1.54) is 18.3 Å². The molecule has 0 aliphatic carbocycles. The summed E-state index contributed by atoms with van der Waals surface area (Å²) in [6, 6.07) is 13.7. The predicted molar refractivity (Wildman–Crippen MR) is 312 cm³/mol. The summed E-state index contributed by atoms with van der Waals surface area (Å²) in [5.41, 5.74) is 2.38. The summed E-state index contributed by atoms with van der Waals surface area (Å²) in [7, 11) is 3.83. The van der Waals surface area contributed by atoms with Gasteiger partial charge in [-0.05, 0) is 105 Å². The molecule has 0 saturated carbocycles. The third-order valence-electron chi connectivity index (χ3n) is 14.4. The number of benzene rings is 2. The Bertz CT molecular complexity index is 3400. The minimum atomic E-state index is -4.41. The van der Waals surface area contributed by atoms with Gasteiger partial charge in [-0.1, -0.05) is 29.3 Å². The molecule has 3 atom stereocenters. The average molecular weight is 1220 g/mol. The minimum Gasteiger partial charge on any atom is -0.494 e. The molecule has 1 saturated heterocycles. The van der Waals surface area contributed by atoms with Crippen LogP contribution < -0.4 is 25.0 Å². The molecule has 2 aromatic carbocycles. The quantitative estimate of drug-likeness (QED) is 0.00522. The number of carbonyl (C=O) groups excluding carboxylic acids is 6. The van der Waals surface area contributed by atoms with E-state index in [2.05, 4.69) is 31.8 Å². The van der Waals surface area contributed by atoms with Gasteiger partial charge in [0.05, 0.1) is 87.2 Å². The van der Waals surface area contributed by atoms with E-state index in [0.717, 1.165) is 49.0 Å². The fourth-order valence-corrected chi connectivity index (χ4v) is 11.2. The first-order valence-corrected chi connectivity index (χ1v) is 30.3. The number of aromatic nitrogens is 1. The fourth-order valence-electron chi connectivity index (χ4n) is 9.95. The van der Waals surface area contributed by atoms with E-state index in [0.29, 0.717) is 77.5 Å². The maximum Gasteiger partial charge on any atom is 0.737 e. The number of hydrogen-bond donors (Lipinski definition) is 4. The van der Waals surface area contributed by atoms with Crippen molar-refractivity contribution in [3.63, 3.8) is 0 Å². The average Bonchev–Trinajstić information content (AvgIpc) is 1.73. The second-order valence-corrected chi connectivity index (χ2v) is 24.5. The number of halogens is 2. The standard InChI is InChI=1S/C57H69BF2N8O15S2/c1-38-32-43(64-47(38)35-48-41(12-11-31-85(77,78)79)34-50(52-14-10-30-84-52)65(48)58(64,59)60)19-16-40-17-20-44(21-18-40)80-28-9-15-53(70)62-46(13-7-8-27-68(4,5)6)56(73)61-24-25-63(3)26-29-81-51-36-49(67(75)76)45(33-42(51)37-69)39(2)82-57(74)83-66-54(71)22-23-55(66)72/h10,14,16-21,30,32-37,39,46H,7-9,11-13,15,22-29,31H2,1-6H3,(H2-,61,62,70,73,77,78,79)/p+2/b19-16+. The first-order valence-electron chi connectivity index (χ1n) is 27.8. The largest absolute Gasteiger partial charge is 0.737 e. The number of fused-ring (bicyclic) bond motifs is 2. The second-order valence-electron chi connectivity index (χ2n) is 22.0. The maximum atomic E-state index is 17.0. The second kappa shape index (κ2) is 28.3. The highest BCUT2D eigenvalue weighted by Crippen LogP contribution is 2.40. The summed E-state index contributed by atoms with van der Waals surface area (Å²) >= 11 is 1.32. The number of nitrogens with one attached hydrogen (secondary N) is 3. The van der Waals surface area contributed by atoms with Gasteiger partial charge in [-0.15, -0.1) is 11.3 Å². The van der Waals surface area contributed by atoms with Crippen LogP contribution in [-0.2, 0) is 38.9 Å². The molecule has 3 aliphatic rings. The number of carbonyl (C=O) groups is 6. The number of aryl methyl sites for hydroxylation is 1. The van der Waals surface area contributed by atoms with Gasteiger partial charge < -0.3 is 51.8 Å². The van der Waals surface area contributed by atoms with E-state index in [4.69, 9.17) is 19.0 Å². The third-order valence-corrected chi connectivity index (χ3v) is 16.0. The fraction of sp³-hybridized carbons (Fsp3) is 0.421. The van der Waals surface area contributed by atoms with Crippen LogP contribution in [0.25, 0.3) is 18.2 Å². The molecule has 4 N–H and O–H groups in total. The Labute approximate surface area is 495 Å². The summed E-state index contributed by atoms with van der Waals surface area (Å²) in [6.45, 7) is 0.726. The topological polar surface area (TPSA) is 277 Å². The predicted octanol–water partition coefficient (Wildman–Crippen LogP) is 5.94. The van der Waals surface area contributed by atoms with Crippen LogP contribution in [0.4, 0.5) is 19.1 Å². The van der Waals surface area contributed by atoms with Gasteiger partial charge in [0, 0.05) is 48.4 Å². The smallest absolute Gasteiger partial charge is 0.494 e. The Morgan fingerprint density at radius 2 is 1.72 bits per heavy atom. The number of rotatable bonds is 31. The number of thiophene rings is 1. The van der Waals surface area contributed by atoms with Gasteiger partial charge in [-0.3, -0.25) is 43.5 Å². The van der Waals surface area contributed by atoms with Crippen molar-refractivity contribution in [3.05, 3.63) is 126 Å². The zero-order chi connectivity index (χ0) is 61.8. The van der Waals surface area contributed by atoms with Crippen molar-refractivity contribution in [2.45, 2.75) is 83.8 Å². The van der Waals surface area contributed by atoms with Crippen molar-refractivity contribution in [3.8, 4) is 11.5 Å². The number of amides is 4. The number of ether oxygens (including phenoxy) is 3. The van der Waals surface area contributed by atoms with Crippen LogP contribution >= 0.6 is 11.3 Å². The number of quaternary nitrogens is 2. The first kappa shape index (κ1) is 64.6. The van der Waals surface area contributed by atoms with Crippen molar-refractivity contribution in [2.75, 3.05) is 73.3 Å². The van der Waals surface area contributed by atoms with E-state index in [-0.39, 0.29) is 91.3 Å². The van der Waals surface area contributed by atoms with E-state index in [9.17, 15) is 51.9 Å². The van der Waals surface area contributed by atoms with Gasteiger partial charge in [0.25, 0.3) is 27.6 Å². The molecular weight excluding hydrogens is 1150 g/mol. The summed E-state index contributed by atoms with van der Waals surface area (Å²) in [5, 5.41) is 20.0. The number of allylic oxidation sites excluding steroid dienone is 2. The number of hydrogen-bond acceptors (Lipinski definition) is 15. The molecule has 456 valence electrons. The van der Waals surface area contributed by atoms with Crippen molar-refractivity contribution in [1.29, 1.82) is 0 Å². The van der Waals surface area contributed by atoms with Gasteiger partial charge in [0.15, 0.2) is 17.7 Å². The molecule has 7 rings (SSSR count). The molecule has 4 aromatic rings. The Morgan fingerprint density at radius 3 is 2.38 bits per heavy atom. The number of imide groups is 1. The van der Waals surface area contributed by atoms with Crippen molar-refractivity contribution < 1.29 is 88.2 Å². The molecular formula is C57H71BF2N8O15S2+2. The molecule has 5 heterocycles. The highest BCUT2D eigenvalue weighted by atomic mass is 32.2. The van der Waals surface area contributed by atoms with Gasteiger partial charge in [-0.25, -0.2) is 4.79 Å². The Kier molecular flexibility index (Phi) is 21.5. The highest BCUT2D eigenvalue weighted by molar-refractivity contribution is 7.85. The first-order chi connectivity index (χ1) is 40.2. The van der Waals surface area contributed by atoms with Crippen LogP contribution in [-0.4, -0.2) is 165 Å². The Morgan fingerprint density at radius 1 is 0.988 bits per heavy atom. The van der Waals surface area contributed by atoms with Crippen molar-refractivity contribution in [1.82, 2.24) is 20.2 Å². The van der Waals surface area contributed by atoms with Crippen molar-refractivity contribution in [2.24, 2.45) is 0 Å². The lowest BCUT2D eigenvalue weighted by molar-refractivity contribution is -0.878. The number of nitro groups is 1. The van der Waals surface area contributed by atoms with E-state index >= 15 is 8.63 Å². The van der Waals surface area contributed by atoms with E-state index < -0.39 is 63.6 Å². The van der Waals surface area contributed by atoms with E-state index in [1.54, 1.807) is 79.1 Å². The van der Waals surface area contributed by atoms with Crippen molar-refractivity contribution >= 4 is 94.1 Å². The van der Waals surface area contributed by atoms with Gasteiger partial charge in [-0.2, -0.15) is 8.42 Å². The van der Waals surface area contributed by atoms with Gasteiger partial charge >= 0.3 is 13.1 Å². The number of likely N-dealkylation sites (N-methyl/N-ethyl adjacent to an activating group) is 1. The summed E-state index contributed by atoms with van der Waals surface area (Å²) in [6.07, 6.45) is 6.66. The molecule has 3 aliphatic heterocycles. The molecule has 4 amide bonds. The number of nitrogens with zero attached hydrogens (tertiary/aromatic N) is 5. The molecule has 2 aromatic heterocycles. The third kappa shape index (κ3) is 17.4. The SMILES string of the molecule is Cc1cc(/C=C/c2ccc(OCCCC(=O)NC(CCCC[N+](C)(C)C)C(=O)NCC[NH+](C)CCOc3cc([N+](=O)[O-])c(C(C)OC(=O)ON4C(=O)CCC4=O)cc3C=O)cc2)n2c1C=C1C(CCCS(=O)(=O)O)=CC(c3cccs3)=[N+]1[B-]2(F)F. The summed E-state index contributed by atoms with van der Waals surface area (Å²) in [4.78, 5) is 92.4. The number of aldehydes is 1. The summed E-state index contributed by atoms with van der Waals surface area (Å²) < 4.78 is 85.8. The van der Waals surface area contributed by atoms with Crippen LogP contribution in [0.5, 0.6) is 11.5 Å². The molecule has 23 nitrogen and oxygen atoms in total. The Hall–Kier alpha value is -7.92. The van der Waals surface area contributed by atoms with Crippen LogP contribution in [0, 0.1) is 17.0 Å². The normalized spacial score (nSPS) is 15.8. The zero-order valence-electron chi connectivity index (χ0n) is 48.2. The van der Waals surface area contributed by atoms with Gasteiger partial charge in [0.2, 0.25) is 11.8 Å². The lowest BCUT2D eigenvalue weighted by atomic mass is 9.88. The molecule has 28 heteroatoms. The zero-order valence-corrected chi connectivity index (χ0v) is 49.8. The minimum absolute atomic E-state index is 0.0133. The number of nitro benzene ring substituents is 1. The monoisotopic (exact) mass is 1220 g/mol. The Balaban J connectivity index is 0.876. The summed E-state index contributed by atoms with van der Waals surface area (Å²) in [5.74, 6) is -2.21. The molecule has 0 spiro atoms. The molecule has 1 fully saturated rings. The molecule has 0 bridgehead atoms. The maximum absolute atomic E-state index is 17.0. The number of unbranched alkanes of at least 4 members (excludes halogenated alkanes) is 1. The number of hydroxylamine groups is 2. The lowest BCUT2D eigenvalue weighted by Crippen LogP contribution is -3.10. The lowest BCUT2D eigenvalue weighted by Gasteiger charge is -2.31. The van der Waals surface area contributed by atoms with Gasteiger partial charge in [0.1, 0.15) is 36.8 Å². The highest BCUT2D eigenvalue weighted by Gasteiger charge is 2.54. The van der Waals surface area contributed by atoms with Crippen LogP contribution in [0.1, 0.15) is 114 Å². The molecule has 0 radical (unpaired) electrons. The van der Waals surface area contributed by atoms with E-state index in [1.807, 2.05) is 7.05 Å². The van der Waals surface area contributed by atoms with Crippen LogP contribution in [0.15, 0.2) is 77.3 Å². The van der Waals surface area contributed by atoms with Crippen LogP contribution in [0.3, 0.4) is 0 Å².